The van der Waals surface area contributed by atoms with Crippen molar-refractivity contribution in [1.82, 2.24) is 25.0 Å². The van der Waals surface area contributed by atoms with Crippen LogP contribution in [0.15, 0.2) is 21.9 Å². The first-order valence-electron chi connectivity index (χ1n) is 3.67. The molecule has 0 unspecified atom stereocenters. The van der Waals surface area contributed by atoms with Crippen LogP contribution in [0.25, 0.3) is 5.82 Å². The standard InChI is InChI=1S/C6H6N6O2/c7-3-1-2-12(11-3)4-5(13)8-6(14)10-9-4/h1-2H,(H2,7,11)(H2,8,10,13,14). The number of hydrogen-bond donors (Lipinski definition) is 3. The van der Waals surface area contributed by atoms with Gasteiger partial charge in [-0.3, -0.25) is 9.78 Å². The van der Waals surface area contributed by atoms with Gasteiger partial charge in [-0.15, -0.1) is 10.2 Å². The number of hydrogen-bond acceptors (Lipinski definition) is 5. The summed E-state index contributed by atoms with van der Waals surface area (Å²) in [5.41, 5.74) is 4.06. The number of nitrogens with zero attached hydrogens (tertiary/aromatic N) is 3. The zero-order valence-electron chi connectivity index (χ0n) is 6.89. The number of nitrogen functional groups attached to an aromatic ring is 1. The van der Waals surface area contributed by atoms with E-state index in [1.165, 1.54) is 16.9 Å². The Balaban J connectivity index is 2.63. The largest absolute Gasteiger partial charge is 0.382 e. The van der Waals surface area contributed by atoms with E-state index in [1.54, 1.807) is 0 Å². The molecule has 2 aromatic rings. The SMILES string of the molecule is Nc1ccn(-c2n[nH]c(=O)[nH]c2=O)n1. The van der Waals surface area contributed by atoms with Crippen LogP contribution < -0.4 is 17.0 Å². The summed E-state index contributed by atoms with van der Waals surface area (Å²) in [7, 11) is 0. The van der Waals surface area contributed by atoms with E-state index in [4.69, 9.17) is 5.73 Å². The van der Waals surface area contributed by atoms with E-state index < -0.39 is 11.2 Å². The van der Waals surface area contributed by atoms with Gasteiger partial charge in [-0.05, 0) is 0 Å². The molecule has 0 aliphatic carbocycles. The van der Waals surface area contributed by atoms with Gasteiger partial charge in [0.2, 0.25) is 5.82 Å². The average Bonchev–Trinajstić information content (AvgIpc) is 2.51. The summed E-state index contributed by atoms with van der Waals surface area (Å²) in [5.74, 6) is 0.221. The number of nitrogens with two attached hydrogens (primary N) is 1. The lowest BCUT2D eigenvalue weighted by Crippen LogP contribution is -2.28. The van der Waals surface area contributed by atoms with Gasteiger partial charge in [-0.1, -0.05) is 0 Å². The summed E-state index contributed by atoms with van der Waals surface area (Å²) in [6.45, 7) is 0. The van der Waals surface area contributed by atoms with Crippen LogP contribution in [0.3, 0.4) is 0 Å². The number of nitrogens with one attached hydrogen (secondary N) is 2. The van der Waals surface area contributed by atoms with Crippen molar-refractivity contribution in [3.8, 4) is 5.82 Å². The second-order valence-electron chi connectivity index (χ2n) is 2.52. The van der Waals surface area contributed by atoms with Crippen molar-refractivity contribution in [2.75, 3.05) is 5.73 Å². The molecule has 0 atom stereocenters. The summed E-state index contributed by atoms with van der Waals surface area (Å²) in [5, 5.41) is 9.37. The van der Waals surface area contributed by atoms with Crippen LogP contribution in [-0.4, -0.2) is 25.0 Å². The zero-order chi connectivity index (χ0) is 10.1. The molecule has 0 saturated carbocycles. The Kier molecular flexibility index (Phi) is 1.67. The molecule has 72 valence electrons. The van der Waals surface area contributed by atoms with E-state index in [0.717, 1.165) is 0 Å². The molecule has 8 heteroatoms. The summed E-state index contributed by atoms with van der Waals surface area (Å²) in [4.78, 5) is 23.9. The smallest absolute Gasteiger partial charge is 0.342 e. The van der Waals surface area contributed by atoms with E-state index in [1.807, 2.05) is 4.98 Å². The fourth-order valence-electron chi connectivity index (χ4n) is 0.953. The molecule has 4 N–H and O–H groups in total. The molecular formula is C6H6N6O2. The Labute approximate surface area is 76.4 Å². The molecule has 0 amide bonds. The fourth-order valence-corrected chi connectivity index (χ4v) is 0.953. The highest BCUT2D eigenvalue weighted by atomic mass is 16.2. The second kappa shape index (κ2) is 2.83. The van der Waals surface area contributed by atoms with Crippen LogP contribution in [0.2, 0.25) is 0 Å². The number of H-pyrrole nitrogens is 2. The highest BCUT2D eigenvalue weighted by molar-refractivity contribution is 5.28. The minimum Gasteiger partial charge on any atom is -0.382 e. The van der Waals surface area contributed by atoms with Gasteiger partial charge >= 0.3 is 5.69 Å². The molecule has 0 saturated heterocycles. The molecule has 2 aromatic heterocycles. The van der Waals surface area contributed by atoms with Crippen LogP contribution >= 0.6 is 0 Å². The van der Waals surface area contributed by atoms with Crippen molar-refractivity contribution >= 4 is 5.82 Å². The molecule has 0 bridgehead atoms. The highest BCUT2D eigenvalue weighted by Crippen LogP contribution is 1.98. The number of anilines is 1. The van der Waals surface area contributed by atoms with Crippen molar-refractivity contribution in [3.63, 3.8) is 0 Å². The van der Waals surface area contributed by atoms with Crippen LogP contribution in [0.5, 0.6) is 0 Å². The van der Waals surface area contributed by atoms with Gasteiger partial charge in [0.1, 0.15) is 5.82 Å². The molecule has 0 spiro atoms. The van der Waals surface area contributed by atoms with Gasteiger partial charge < -0.3 is 5.73 Å². The van der Waals surface area contributed by atoms with Crippen LogP contribution in [0.4, 0.5) is 5.82 Å². The van der Waals surface area contributed by atoms with Crippen molar-refractivity contribution < 1.29 is 0 Å². The Morgan fingerprint density at radius 3 is 2.79 bits per heavy atom. The Bertz CT molecular complexity index is 564. The van der Waals surface area contributed by atoms with E-state index in [0.29, 0.717) is 0 Å². The fraction of sp³-hybridized carbons (Fsp3) is 0. The molecule has 0 aliphatic heterocycles. The quantitative estimate of drug-likeness (QED) is 0.495. The molecule has 2 heterocycles. The van der Waals surface area contributed by atoms with Crippen LogP contribution in [0.1, 0.15) is 0 Å². The minimum absolute atomic E-state index is 0.0405. The van der Waals surface area contributed by atoms with Crippen molar-refractivity contribution in [2.24, 2.45) is 0 Å². The average molecular weight is 194 g/mol. The van der Waals surface area contributed by atoms with Gasteiger partial charge in [0, 0.05) is 12.3 Å². The maximum atomic E-state index is 11.2. The maximum Gasteiger partial charge on any atom is 0.342 e. The third-order valence-electron chi connectivity index (χ3n) is 1.52. The molecule has 14 heavy (non-hydrogen) atoms. The Hall–Kier alpha value is -2.38. The van der Waals surface area contributed by atoms with Crippen molar-refractivity contribution in [1.29, 1.82) is 0 Å². The normalized spacial score (nSPS) is 10.3. The second-order valence-corrected chi connectivity index (χ2v) is 2.52. The number of aromatic nitrogens is 5. The first-order chi connectivity index (χ1) is 6.66. The molecule has 0 aliphatic rings. The predicted molar refractivity (Wildman–Crippen MR) is 47.0 cm³/mol. The Morgan fingerprint density at radius 1 is 1.43 bits per heavy atom. The molecular weight excluding hydrogens is 188 g/mol. The van der Waals surface area contributed by atoms with E-state index >= 15 is 0 Å². The van der Waals surface area contributed by atoms with Gasteiger partial charge in [0.25, 0.3) is 5.56 Å². The van der Waals surface area contributed by atoms with Gasteiger partial charge in [-0.25, -0.2) is 14.6 Å². The van der Waals surface area contributed by atoms with E-state index in [2.05, 4.69) is 15.3 Å². The third kappa shape index (κ3) is 1.28. The third-order valence-corrected chi connectivity index (χ3v) is 1.52. The van der Waals surface area contributed by atoms with E-state index in [9.17, 15) is 9.59 Å². The van der Waals surface area contributed by atoms with Crippen molar-refractivity contribution in [2.45, 2.75) is 0 Å². The van der Waals surface area contributed by atoms with Crippen molar-refractivity contribution in [3.05, 3.63) is 33.1 Å². The zero-order valence-corrected chi connectivity index (χ0v) is 6.89. The highest BCUT2D eigenvalue weighted by Gasteiger charge is 2.05. The predicted octanol–water partition coefficient (Wildman–Crippen LogP) is -1.77. The first kappa shape index (κ1) is 8.23. The molecule has 0 fully saturated rings. The molecule has 0 aromatic carbocycles. The lowest BCUT2D eigenvalue weighted by Gasteiger charge is -1.95. The molecule has 2 rings (SSSR count). The number of aromatic amines is 2. The summed E-state index contributed by atoms with van der Waals surface area (Å²) in [6, 6.07) is 1.51. The maximum absolute atomic E-state index is 11.2. The van der Waals surface area contributed by atoms with Gasteiger partial charge in [-0.2, -0.15) is 0 Å². The topological polar surface area (TPSA) is 122 Å². The van der Waals surface area contributed by atoms with E-state index in [-0.39, 0.29) is 11.6 Å². The summed E-state index contributed by atoms with van der Waals surface area (Å²) in [6.07, 6.45) is 1.46. The molecule has 0 radical (unpaired) electrons. The first-order valence-corrected chi connectivity index (χ1v) is 3.67. The minimum atomic E-state index is -0.668. The van der Waals surface area contributed by atoms with Gasteiger partial charge in [0.15, 0.2) is 0 Å². The summed E-state index contributed by atoms with van der Waals surface area (Å²) >= 11 is 0. The monoisotopic (exact) mass is 194 g/mol. The van der Waals surface area contributed by atoms with Crippen LogP contribution in [0, 0.1) is 0 Å². The molecule has 8 nitrogen and oxygen atoms in total. The van der Waals surface area contributed by atoms with Gasteiger partial charge in [0.05, 0.1) is 0 Å². The summed E-state index contributed by atoms with van der Waals surface area (Å²) < 4.78 is 1.17. The van der Waals surface area contributed by atoms with Crippen LogP contribution in [-0.2, 0) is 0 Å². The lowest BCUT2D eigenvalue weighted by atomic mass is 10.6. The Morgan fingerprint density at radius 2 is 2.21 bits per heavy atom. The lowest BCUT2D eigenvalue weighted by molar-refractivity contribution is 0.768. The number of rotatable bonds is 1.